The zero-order valence-electron chi connectivity index (χ0n) is 6.48. The summed E-state index contributed by atoms with van der Waals surface area (Å²) in [5.74, 6) is 0. The third-order valence-corrected chi connectivity index (χ3v) is 6.78. The van der Waals surface area contributed by atoms with Crippen LogP contribution in [0.5, 0.6) is 0 Å². The average molecular weight is 146 g/mol. The van der Waals surface area contributed by atoms with Crippen molar-refractivity contribution in [2.24, 2.45) is 0 Å². The molecule has 0 aromatic heterocycles. The maximum Gasteiger partial charge on any atom is 0.0928 e. The van der Waals surface area contributed by atoms with E-state index in [-0.39, 0.29) is 5.16 Å². The summed E-state index contributed by atoms with van der Waals surface area (Å²) in [6, 6.07) is 0. The fourth-order valence-corrected chi connectivity index (χ4v) is 3.35. The molecule has 1 saturated heterocycles. The SMILES string of the molecule is CC(C)(C)P1(=O)CCC1. The van der Waals surface area contributed by atoms with Gasteiger partial charge in [0.05, 0.1) is 7.14 Å². The topological polar surface area (TPSA) is 17.1 Å². The monoisotopic (exact) mass is 146 g/mol. The molecule has 0 radical (unpaired) electrons. The number of hydrogen-bond acceptors (Lipinski definition) is 1. The van der Waals surface area contributed by atoms with Crippen LogP contribution in [0.3, 0.4) is 0 Å². The van der Waals surface area contributed by atoms with Crippen molar-refractivity contribution in [2.45, 2.75) is 32.3 Å². The van der Waals surface area contributed by atoms with E-state index < -0.39 is 7.14 Å². The van der Waals surface area contributed by atoms with E-state index in [1.54, 1.807) is 0 Å². The number of hydrogen-bond donors (Lipinski definition) is 0. The van der Waals surface area contributed by atoms with Crippen molar-refractivity contribution in [3.05, 3.63) is 0 Å². The maximum absolute atomic E-state index is 11.7. The van der Waals surface area contributed by atoms with Gasteiger partial charge in [0.25, 0.3) is 0 Å². The zero-order chi connectivity index (χ0) is 7.12. The Labute approximate surface area is 57.2 Å². The molecule has 54 valence electrons. The molecule has 1 aliphatic rings. The van der Waals surface area contributed by atoms with Crippen LogP contribution in [0.1, 0.15) is 27.2 Å². The Kier molecular flexibility index (Phi) is 1.51. The second-order valence-electron chi connectivity index (χ2n) is 3.86. The first-order valence-corrected chi connectivity index (χ1v) is 5.62. The van der Waals surface area contributed by atoms with E-state index in [1.807, 2.05) is 0 Å². The molecule has 0 aliphatic carbocycles. The van der Waals surface area contributed by atoms with Gasteiger partial charge in [0.1, 0.15) is 0 Å². The van der Waals surface area contributed by atoms with Gasteiger partial charge in [0, 0.05) is 17.5 Å². The molecule has 1 heterocycles. The van der Waals surface area contributed by atoms with Crippen LogP contribution in [0.15, 0.2) is 0 Å². The van der Waals surface area contributed by atoms with Gasteiger partial charge in [-0.1, -0.05) is 20.8 Å². The van der Waals surface area contributed by atoms with Crippen molar-refractivity contribution >= 4 is 7.14 Å². The van der Waals surface area contributed by atoms with E-state index >= 15 is 0 Å². The van der Waals surface area contributed by atoms with Crippen LogP contribution in [-0.4, -0.2) is 17.5 Å². The van der Waals surface area contributed by atoms with Crippen LogP contribution in [0.2, 0.25) is 0 Å². The van der Waals surface area contributed by atoms with Gasteiger partial charge in [0.15, 0.2) is 0 Å². The molecule has 0 unspecified atom stereocenters. The van der Waals surface area contributed by atoms with Gasteiger partial charge >= 0.3 is 0 Å². The zero-order valence-corrected chi connectivity index (χ0v) is 7.37. The summed E-state index contributed by atoms with van der Waals surface area (Å²) in [6.07, 6.45) is 3.18. The minimum absolute atomic E-state index is 0.0885. The summed E-state index contributed by atoms with van der Waals surface area (Å²) in [5.41, 5.74) is 0. The van der Waals surface area contributed by atoms with Crippen LogP contribution < -0.4 is 0 Å². The maximum atomic E-state index is 11.7. The van der Waals surface area contributed by atoms with Crippen molar-refractivity contribution < 1.29 is 4.57 Å². The molecule has 0 N–H and O–H groups in total. The molecule has 0 aromatic carbocycles. The minimum Gasteiger partial charge on any atom is -0.323 e. The Morgan fingerprint density at radius 1 is 1.22 bits per heavy atom. The van der Waals surface area contributed by atoms with E-state index in [0.717, 1.165) is 12.3 Å². The summed E-state index contributed by atoms with van der Waals surface area (Å²) in [7, 11) is -1.68. The van der Waals surface area contributed by atoms with Crippen LogP contribution in [0.4, 0.5) is 0 Å². The highest BCUT2D eigenvalue weighted by molar-refractivity contribution is 7.66. The van der Waals surface area contributed by atoms with Gasteiger partial charge in [-0.25, -0.2) is 0 Å². The molecule has 0 atom stereocenters. The van der Waals surface area contributed by atoms with Gasteiger partial charge in [-0.3, -0.25) is 0 Å². The molecule has 0 bridgehead atoms. The quantitative estimate of drug-likeness (QED) is 0.480. The lowest BCUT2D eigenvalue weighted by Crippen LogP contribution is -2.26. The van der Waals surface area contributed by atoms with E-state index in [4.69, 9.17) is 0 Å². The van der Waals surface area contributed by atoms with Crippen molar-refractivity contribution in [2.75, 3.05) is 12.3 Å². The number of rotatable bonds is 0. The van der Waals surface area contributed by atoms with Gasteiger partial charge < -0.3 is 4.57 Å². The lowest BCUT2D eigenvalue weighted by atomic mass is 10.3. The van der Waals surface area contributed by atoms with Crippen molar-refractivity contribution in [3.63, 3.8) is 0 Å². The van der Waals surface area contributed by atoms with E-state index in [1.165, 1.54) is 6.42 Å². The standard InChI is InChI=1S/C7H15OP/c1-7(2,3)9(8)5-4-6-9/h4-6H2,1-3H3. The highest BCUT2D eigenvalue weighted by atomic mass is 31.2. The van der Waals surface area contributed by atoms with Crippen LogP contribution in [0.25, 0.3) is 0 Å². The Bertz CT molecular complexity index is 147. The second-order valence-corrected chi connectivity index (χ2v) is 7.88. The summed E-state index contributed by atoms with van der Waals surface area (Å²) >= 11 is 0. The third-order valence-electron chi connectivity index (χ3n) is 2.26. The molecule has 1 nitrogen and oxygen atoms in total. The Hall–Kier alpha value is 0.230. The third kappa shape index (κ3) is 1.08. The molecular formula is C7H15OP. The summed E-state index contributed by atoms with van der Waals surface area (Å²) in [5, 5.41) is 0.0885. The first kappa shape index (κ1) is 7.34. The largest absolute Gasteiger partial charge is 0.323 e. The first-order chi connectivity index (χ1) is 3.96. The molecule has 0 spiro atoms. The minimum atomic E-state index is -1.68. The molecule has 0 saturated carbocycles. The van der Waals surface area contributed by atoms with Crippen LogP contribution in [-0.2, 0) is 4.57 Å². The van der Waals surface area contributed by atoms with Crippen LogP contribution >= 0.6 is 7.14 Å². The molecule has 0 aromatic rings. The van der Waals surface area contributed by atoms with Gasteiger partial charge in [-0.05, 0) is 6.42 Å². The summed E-state index contributed by atoms with van der Waals surface area (Å²) in [6.45, 7) is 6.27. The van der Waals surface area contributed by atoms with Gasteiger partial charge in [-0.15, -0.1) is 0 Å². The van der Waals surface area contributed by atoms with Gasteiger partial charge in [-0.2, -0.15) is 0 Å². The fraction of sp³-hybridized carbons (Fsp3) is 1.00. The molecule has 2 heteroatoms. The lowest BCUT2D eigenvalue weighted by Gasteiger charge is -2.37. The normalized spacial score (nSPS) is 25.2. The van der Waals surface area contributed by atoms with Crippen LogP contribution in [0, 0.1) is 0 Å². The highest BCUT2D eigenvalue weighted by Gasteiger charge is 2.41. The molecule has 1 rings (SSSR count). The Morgan fingerprint density at radius 2 is 1.67 bits per heavy atom. The molecule has 1 fully saturated rings. The molecule has 1 aliphatic heterocycles. The summed E-state index contributed by atoms with van der Waals surface area (Å²) in [4.78, 5) is 0. The van der Waals surface area contributed by atoms with Crippen molar-refractivity contribution in [3.8, 4) is 0 Å². The Balaban J connectivity index is 2.71. The van der Waals surface area contributed by atoms with Crippen molar-refractivity contribution in [1.82, 2.24) is 0 Å². The first-order valence-electron chi connectivity index (χ1n) is 3.54. The fourth-order valence-electron chi connectivity index (χ4n) is 1.12. The predicted octanol–water partition coefficient (Wildman–Crippen LogP) is 2.55. The van der Waals surface area contributed by atoms with E-state index in [9.17, 15) is 4.57 Å². The molecular weight excluding hydrogens is 131 g/mol. The average Bonchev–Trinajstić information content (AvgIpc) is 1.57. The van der Waals surface area contributed by atoms with Crippen molar-refractivity contribution in [1.29, 1.82) is 0 Å². The lowest BCUT2D eigenvalue weighted by molar-refractivity contribution is 0.533. The smallest absolute Gasteiger partial charge is 0.0928 e. The van der Waals surface area contributed by atoms with E-state index in [2.05, 4.69) is 20.8 Å². The Morgan fingerprint density at radius 3 is 1.67 bits per heavy atom. The molecule has 9 heavy (non-hydrogen) atoms. The highest BCUT2D eigenvalue weighted by Crippen LogP contribution is 2.64. The predicted molar refractivity (Wildman–Crippen MR) is 41.7 cm³/mol. The molecule has 0 amide bonds. The summed E-state index contributed by atoms with van der Waals surface area (Å²) < 4.78 is 11.7. The second kappa shape index (κ2) is 1.85. The van der Waals surface area contributed by atoms with Gasteiger partial charge in [0.2, 0.25) is 0 Å². The van der Waals surface area contributed by atoms with E-state index in [0.29, 0.717) is 0 Å².